The third-order valence-electron chi connectivity index (χ3n) is 5.54. The molecule has 2 N–H and O–H groups in total. The van der Waals surface area contributed by atoms with Crippen molar-refractivity contribution in [3.63, 3.8) is 0 Å². The Balaban J connectivity index is 1.42. The third kappa shape index (κ3) is 7.01. The van der Waals surface area contributed by atoms with Crippen LogP contribution in [0.5, 0.6) is 5.75 Å². The van der Waals surface area contributed by atoms with Crippen LogP contribution in [-0.2, 0) is 11.2 Å². The molecule has 1 saturated heterocycles. The van der Waals surface area contributed by atoms with Gasteiger partial charge in [-0.3, -0.25) is 9.69 Å². The summed E-state index contributed by atoms with van der Waals surface area (Å²) in [4.78, 5) is 14.4. The zero-order valence-corrected chi connectivity index (χ0v) is 18.3. The maximum Gasteiger partial charge on any atom is 0.234 e. The molecule has 0 unspecified atom stereocenters. The summed E-state index contributed by atoms with van der Waals surface area (Å²) in [6.45, 7) is 4.62. The Labute approximate surface area is 184 Å². The van der Waals surface area contributed by atoms with Crippen molar-refractivity contribution < 1.29 is 14.6 Å². The van der Waals surface area contributed by atoms with Crippen molar-refractivity contribution in [1.29, 1.82) is 0 Å². The summed E-state index contributed by atoms with van der Waals surface area (Å²) >= 11 is 6.19. The van der Waals surface area contributed by atoms with Crippen molar-refractivity contribution in [3.05, 3.63) is 64.7 Å². The van der Waals surface area contributed by atoms with Crippen LogP contribution in [0.3, 0.4) is 0 Å². The topological polar surface area (TPSA) is 61.8 Å². The van der Waals surface area contributed by atoms with Gasteiger partial charge in [-0.15, -0.1) is 0 Å². The summed E-state index contributed by atoms with van der Waals surface area (Å²) in [5.41, 5.74) is 1.36. The van der Waals surface area contributed by atoms with Gasteiger partial charge in [0.05, 0.1) is 17.2 Å². The van der Waals surface area contributed by atoms with Crippen LogP contribution in [0.1, 0.15) is 30.4 Å². The van der Waals surface area contributed by atoms with Crippen molar-refractivity contribution in [1.82, 2.24) is 10.2 Å². The second-order valence-electron chi connectivity index (χ2n) is 8.16. The predicted molar refractivity (Wildman–Crippen MR) is 120 cm³/mol. The van der Waals surface area contributed by atoms with Crippen LogP contribution in [0.2, 0.25) is 5.02 Å². The van der Waals surface area contributed by atoms with Gasteiger partial charge in [0.25, 0.3) is 0 Å². The molecule has 162 valence electrons. The monoisotopic (exact) mass is 430 g/mol. The number of aryl methyl sites for hydroxylation is 1. The maximum atomic E-state index is 12.3. The molecule has 1 heterocycles. The van der Waals surface area contributed by atoms with Crippen molar-refractivity contribution >= 4 is 17.5 Å². The minimum atomic E-state index is -0.911. The van der Waals surface area contributed by atoms with Gasteiger partial charge in [-0.1, -0.05) is 48.0 Å². The zero-order chi connectivity index (χ0) is 21.4. The van der Waals surface area contributed by atoms with E-state index in [4.69, 9.17) is 16.3 Å². The number of carbonyl (C=O) groups excluding carboxylic acids is 1. The summed E-state index contributed by atoms with van der Waals surface area (Å²) in [5, 5.41) is 14.5. The third-order valence-corrected chi connectivity index (χ3v) is 5.85. The number of nitrogens with zero attached hydrogens (tertiary/aromatic N) is 1. The fraction of sp³-hybridized carbons (Fsp3) is 0.458. The van der Waals surface area contributed by atoms with Gasteiger partial charge < -0.3 is 15.2 Å². The molecule has 6 heteroatoms. The number of hydrogen-bond acceptors (Lipinski definition) is 4. The standard InChI is InChI=1S/C24H31ClN2O3/c1-19-8-9-21(25)22(16-19)30-18-24(29)11-5-14-27(15-12-24)17-23(28)26-13-10-20-6-3-2-4-7-20/h2-4,6-9,16,29H,5,10-15,17-18H2,1H3,(H,26,28)/t24-/m0/s1. The molecule has 0 bridgehead atoms. The highest BCUT2D eigenvalue weighted by Gasteiger charge is 2.31. The number of ether oxygens (including phenoxy) is 1. The molecule has 1 aliphatic heterocycles. The Morgan fingerprint density at radius 1 is 1.20 bits per heavy atom. The Morgan fingerprint density at radius 2 is 2.00 bits per heavy atom. The highest BCUT2D eigenvalue weighted by Crippen LogP contribution is 2.28. The number of nitrogens with one attached hydrogen (secondary N) is 1. The zero-order valence-electron chi connectivity index (χ0n) is 17.6. The van der Waals surface area contributed by atoms with E-state index in [1.54, 1.807) is 0 Å². The van der Waals surface area contributed by atoms with Crippen molar-refractivity contribution in [2.24, 2.45) is 0 Å². The van der Waals surface area contributed by atoms with Gasteiger partial charge in [-0.05, 0) is 62.4 Å². The number of rotatable bonds is 8. The second-order valence-corrected chi connectivity index (χ2v) is 8.57. The molecular formula is C24H31ClN2O3. The van der Waals surface area contributed by atoms with Gasteiger partial charge in [-0.2, -0.15) is 0 Å². The molecule has 2 aromatic carbocycles. The molecular weight excluding hydrogens is 400 g/mol. The second kappa shape index (κ2) is 10.8. The summed E-state index contributed by atoms with van der Waals surface area (Å²) in [7, 11) is 0. The number of hydrogen-bond donors (Lipinski definition) is 2. The minimum Gasteiger partial charge on any atom is -0.489 e. The molecule has 1 amide bonds. The Kier molecular flexibility index (Phi) is 8.14. The van der Waals surface area contributed by atoms with E-state index in [1.807, 2.05) is 43.3 Å². The molecule has 5 nitrogen and oxygen atoms in total. The highest BCUT2D eigenvalue weighted by molar-refractivity contribution is 6.32. The van der Waals surface area contributed by atoms with Gasteiger partial charge in [0.1, 0.15) is 12.4 Å². The normalized spacial score (nSPS) is 19.8. The van der Waals surface area contributed by atoms with E-state index in [0.29, 0.717) is 43.2 Å². The Bertz CT molecular complexity index is 830. The smallest absolute Gasteiger partial charge is 0.234 e. The van der Waals surface area contributed by atoms with E-state index < -0.39 is 5.60 Å². The predicted octanol–water partition coefficient (Wildman–Crippen LogP) is 3.60. The number of aliphatic hydroxyl groups is 1. The lowest BCUT2D eigenvalue weighted by molar-refractivity contribution is -0.122. The molecule has 1 atom stereocenters. The molecule has 1 aliphatic rings. The van der Waals surface area contributed by atoms with Gasteiger partial charge in [0.2, 0.25) is 5.91 Å². The number of carbonyl (C=O) groups is 1. The first-order valence-electron chi connectivity index (χ1n) is 10.6. The van der Waals surface area contributed by atoms with Crippen LogP contribution in [0, 0.1) is 6.92 Å². The quantitative estimate of drug-likeness (QED) is 0.671. The van der Waals surface area contributed by atoms with E-state index in [9.17, 15) is 9.90 Å². The van der Waals surface area contributed by atoms with Crippen LogP contribution in [0.4, 0.5) is 0 Å². The number of amides is 1. The van der Waals surface area contributed by atoms with Crippen LogP contribution in [-0.4, -0.2) is 54.3 Å². The van der Waals surface area contributed by atoms with Crippen LogP contribution in [0.25, 0.3) is 0 Å². The van der Waals surface area contributed by atoms with E-state index in [1.165, 1.54) is 5.56 Å². The van der Waals surface area contributed by atoms with E-state index in [0.717, 1.165) is 24.9 Å². The van der Waals surface area contributed by atoms with E-state index in [-0.39, 0.29) is 12.5 Å². The SMILES string of the molecule is Cc1ccc(Cl)c(OC[C@]2(O)CCCN(CC(=O)NCCc3ccccc3)CC2)c1. The van der Waals surface area contributed by atoms with Crippen molar-refractivity contribution in [2.75, 3.05) is 32.8 Å². The lowest BCUT2D eigenvalue weighted by atomic mass is 9.96. The van der Waals surface area contributed by atoms with Crippen LogP contribution in [0.15, 0.2) is 48.5 Å². The number of likely N-dealkylation sites (tertiary alicyclic amines) is 1. The van der Waals surface area contributed by atoms with Gasteiger partial charge >= 0.3 is 0 Å². The summed E-state index contributed by atoms with van der Waals surface area (Å²) in [6.07, 6.45) is 2.85. The molecule has 1 fully saturated rings. The summed E-state index contributed by atoms with van der Waals surface area (Å²) in [5.74, 6) is 0.628. The lowest BCUT2D eigenvalue weighted by Gasteiger charge is -2.27. The van der Waals surface area contributed by atoms with Gasteiger partial charge in [0.15, 0.2) is 0 Å². The first-order valence-corrected chi connectivity index (χ1v) is 11.0. The maximum absolute atomic E-state index is 12.3. The van der Waals surface area contributed by atoms with E-state index >= 15 is 0 Å². The van der Waals surface area contributed by atoms with Crippen molar-refractivity contribution in [3.8, 4) is 5.75 Å². The average molecular weight is 431 g/mol. The molecule has 0 saturated carbocycles. The highest BCUT2D eigenvalue weighted by atomic mass is 35.5. The summed E-state index contributed by atoms with van der Waals surface area (Å²) in [6, 6.07) is 15.7. The lowest BCUT2D eigenvalue weighted by Crippen LogP contribution is -2.40. The van der Waals surface area contributed by atoms with Gasteiger partial charge in [0, 0.05) is 13.1 Å². The Morgan fingerprint density at radius 3 is 2.80 bits per heavy atom. The fourth-order valence-electron chi connectivity index (χ4n) is 3.72. The average Bonchev–Trinajstić information content (AvgIpc) is 2.91. The largest absolute Gasteiger partial charge is 0.489 e. The van der Waals surface area contributed by atoms with Crippen LogP contribution < -0.4 is 10.1 Å². The molecule has 0 aliphatic carbocycles. The molecule has 0 aromatic heterocycles. The number of halogens is 1. The first-order chi connectivity index (χ1) is 14.4. The van der Waals surface area contributed by atoms with E-state index in [2.05, 4.69) is 22.3 Å². The molecule has 30 heavy (non-hydrogen) atoms. The van der Waals surface area contributed by atoms with Crippen molar-refractivity contribution in [2.45, 2.75) is 38.2 Å². The number of benzene rings is 2. The first kappa shape index (κ1) is 22.6. The molecule has 0 radical (unpaired) electrons. The molecule has 3 rings (SSSR count). The fourth-order valence-corrected chi connectivity index (χ4v) is 3.89. The minimum absolute atomic E-state index is 0.0270. The van der Waals surface area contributed by atoms with Gasteiger partial charge in [-0.25, -0.2) is 0 Å². The molecule has 2 aromatic rings. The van der Waals surface area contributed by atoms with Crippen LogP contribution >= 0.6 is 11.6 Å². The Hall–Kier alpha value is -2.08. The summed E-state index contributed by atoms with van der Waals surface area (Å²) < 4.78 is 5.85. The molecule has 0 spiro atoms.